The van der Waals surface area contributed by atoms with E-state index < -0.39 is 117 Å². The minimum absolute atomic E-state index is 4.17. The summed E-state index contributed by atoms with van der Waals surface area (Å²) in [7, 11) is -6.67. The van der Waals surface area contributed by atoms with Crippen LogP contribution in [-0.4, -0.2) is 119 Å². The van der Waals surface area contributed by atoms with Gasteiger partial charge < -0.3 is 5.11 Å². The highest BCUT2D eigenvalue weighted by molar-refractivity contribution is 7.86. The fourth-order valence-corrected chi connectivity index (χ4v) is 3.65. The van der Waals surface area contributed by atoms with Gasteiger partial charge in [0.25, 0.3) is 10.1 Å². The average Bonchev–Trinajstić information content (AvgIpc) is 2.94. The average molecular weight is 944 g/mol. The summed E-state index contributed by atoms with van der Waals surface area (Å²) in [6, 6.07) is 0. The maximum absolute atomic E-state index is 13.9. The predicted molar refractivity (Wildman–Crippen MR) is 102 cm³/mol. The van der Waals surface area contributed by atoms with Gasteiger partial charge in [0.2, 0.25) is 0 Å². The first-order valence-corrected chi connectivity index (χ1v) is 13.3. The van der Waals surface area contributed by atoms with Gasteiger partial charge >= 0.3 is 95.0 Å². The molecule has 1 atom stereocenters. The highest BCUT2D eigenvalue weighted by atomic mass is 32.2. The number of hydrogen-bond acceptors (Lipinski definition) is 3. The molecule has 338 valence electrons. The molecule has 0 fully saturated rings. The van der Waals surface area contributed by atoms with Crippen LogP contribution >= 0.6 is 0 Å². The van der Waals surface area contributed by atoms with Crippen LogP contribution in [-0.2, 0) is 10.1 Å². The van der Waals surface area contributed by atoms with E-state index in [4.69, 9.17) is 9.66 Å². The second kappa shape index (κ2) is 13.0. The summed E-state index contributed by atoms with van der Waals surface area (Å²) < 4.78 is 474. The third-order valence-corrected chi connectivity index (χ3v) is 7.57. The van der Waals surface area contributed by atoms with E-state index in [2.05, 4.69) is 0 Å². The Labute approximate surface area is 281 Å². The molecule has 0 saturated heterocycles. The molecular weight excluding hydrogens is 939 g/mol. The first-order valence-electron chi connectivity index (χ1n) is 11.8. The molecule has 0 rings (SSSR count). The minimum Gasteiger partial charge on any atom is -0.375 e. The molecule has 0 aliphatic rings. The summed E-state index contributed by atoms with van der Waals surface area (Å²) in [5.41, 5.74) is -4.64. The van der Waals surface area contributed by atoms with Gasteiger partial charge in [-0.3, -0.25) is 4.55 Å². The van der Waals surface area contributed by atoms with Crippen LogP contribution in [0.25, 0.3) is 0 Å². The van der Waals surface area contributed by atoms with Crippen LogP contribution in [0.1, 0.15) is 6.42 Å². The molecule has 1 unspecified atom stereocenters. The second-order valence-electron chi connectivity index (χ2n) is 10.4. The fourth-order valence-electron chi connectivity index (χ4n) is 3.23. The summed E-state index contributed by atoms with van der Waals surface area (Å²) in [6.07, 6.45) is -12.6. The van der Waals surface area contributed by atoms with Gasteiger partial charge in [-0.05, 0) is 0 Å². The minimum atomic E-state index is -10.3. The van der Waals surface area contributed by atoms with Crippen molar-refractivity contribution in [3.8, 4) is 0 Å². The van der Waals surface area contributed by atoms with E-state index in [1.54, 1.807) is 0 Å². The van der Waals surface area contributed by atoms with E-state index in [0.29, 0.717) is 0 Å². The zero-order valence-electron chi connectivity index (χ0n) is 23.9. The van der Waals surface area contributed by atoms with Gasteiger partial charge in [-0.25, -0.2) is 0 Å². The lowest BCUT2D eigenvalue weighted by Gasteiger charge is -2.47. The van der Waals surface area contributed by atoms with Crippen LogP contribution in [0.15, 0.2) is 0 Å². The van der Waals surface area contributed by atoms with Gasteiger partial charge in [-0.1, -0.05) is 0 Å². The number of hydrogen-bond donors (Lipinski definition) is 2. The van der Waals surface area contributed by atoms with Gasteiger partial charge in [0.1, 0.15) is 0 Å². The summed E-state index contributed by atoms with van der Waals surface area (Å²) in [5, 5.41) is 8.52. The van der Waals surface area contributed by atoms with E-state index >= 15 is 0 Å². The standard InChI is InChI=1S/C18H5F33O4S/c19-3(20,1-2(52)56(53,54)55)4(21,22)5(23,24)6(25,26)7(27,28)8(29,30)9(31,32)10(33,34)11(35,36)12(37,38)13(39,40)14(41,42)15(43,44)16(45,46)17(47,48)18(49,50)51/h2,52H,1H2,(H,53,54,55). The first kappa shape index (κ1) is 53.6. The van der Waals surface area contributed by atoms with Gasteiger partial charge in [-0.15, -0.1) is 0 Å². The lowest BCUT2D eigenvalue weighted by molar-refractivity contribution is -0.491. The van der Waals surface area contributed by atoms with E-state index in [1.807, 2.05) is 0 Å². The Morgan fingerprint density at radius 2 is 0.446 bits per heavy atom. The first-order chi connectivity index (χ1) is 23.4. The maximum Gasteiger partial charge on any atom is 0.460 e. The van der Waals surface area contributed by atoms with E-state index in [9.17, 15) is 153 Å². The Balaban J connectivity index is 7.73. The molecule has 0 aromatic heterocycles. The van der Waals surface area contributed by atoms with Crippen LogP contribution in [0.5, 0.6) is 0 Å². The number of alkyl halides is 33. The summed E-state index contributed by atoms with van der Waals surface area (Å²) in [4.78, 5) is 0. The number of halogens is 33. The quantitative estimate of drug-likeness (QED) is 0.113. The second-order valence-corrected chi connectivity index (χ2v) is 12.0. The van der Waals surface area contributed by atoms with Crippen molar-refractivity contribution in [2.75, 3.05) is 0 Å². The van der Waals surface area contributed by atoms with E-state index in [1.165, 1.54) is 0 Å². The van der Waals surface area contributed by atoms with Gasteiger partial charge in [-0.2, -0.15) is 153 Å². The van der Waals surface area contributed by atoms with Crippen molar-refractivity contribution in [3.63, 3.8) is 0 Å². The van der Waals surface area contributed by atoms with Crippen LogP contribution < -0.4 is 0 Å². The van der Waals surface area contributed by atoms with Gasteiger partial charge in [0.05, 0.1) is 6.42 Å². The molecule has 0 saturated carbocycles. The van der Waals surface area contributed by atoms with Crippen molar-refractivity contribution < 1.29 is 163 Å². The van der Waals surface area contributed by atoms with E-state index in [0.717, 1.165) is 0 Å². The van der Waals surface area contributed by atoms with Crippen molar-refractivity contribution in [2.24, 2.45) is 0 Å². The molecule has 2 N–H and O–H groups in total. The Bertz CT molecular complexity index is 1550. The van der Waals surface area contributed by atoms with Crippen molar-refractivity contribution >= 4 is 10.1 Å². The molecule has 0 aromatic rings. The molecule has 0 heterocycles. The summed E-state index contributed by atoms with van der Waals surface area (Å²) >= 11 is 0. The highest BCUT2D eigenvalue weighted by Gasteiger charge is 3.01. The van der Waals surface area contributed by atoms with Crippen molar-refractivity contribution in [3.05, 3.63) is 0 Å². The molecule has 0 aromatic carbocycles. The molecular formula is C18H5F33O4S. The third kappa shape index (κ3) is 6.40. The molecule has 38 heteroatoms. The van der Waals surface area contributed by atoms with Crippen LogP contribution in [0.3, 0.4) is 0 Å². The van der Waals surface area contributed by atoms with E-state index in [-0.39, 0.29) is 0 Å². The SMILES string of the molecule is O=S(=O)(O)C(O)CC(F)(F)C(F)(F)C(F)(F)C(F)(F)C(F)(F)C(F)(F)C(F)(F)C(F)(F)C(F)(F)C(F)(F)C(F)(F)C(F)(F)C(F)(F)C(F)(F)C(F)(F)C(F)(F)F. The molecule has 0 aliphatic heterocycles. The predicted octanol–water partition coefficient (Wildman–Crippen LogP) is 9.67. The Kier molecular flexibility index (Phi) is 12.5. The van der Waals surface area contributed by atoms with Crippen molar-refractivity contribution in [2.45, 2.75) is 107 Å². The van der Waals surface area contributed by atoms with Crippen LogP contribution in [0.4, 0.5) is 145 Å². The van der Waals surface area contributed by atoms with Crippen LogP contribution in [0, 0.1) is 0 Å². The molecule has 4 nitrogen and oxygen atoms in total. The highest BCUT2D eigenvalue weighted by Crippen LogP contribution is 2.70. The smallest absolute Gasteiger partial charge is 0.375 e. The topological polar surface area (TPSA) is 74.6 Å². The lowest BCUT2D eigenvalue weighted by atomic mass is 9.82. The Hall–Kier alpha value is -2.44. The molecule has 0 bridgehead atoms. The maximum atomic E-state index is 13.9. The third-order valence-electron chi connectivity index (χ3n) is 6.72. The van der Waals surface area contributed by atoms with Crippen LogP contribution in [0.2, 0.25) is 0 Å². The summed E-state index contributed by atoms with van der Waals surface area (Å²) in [6.45, 7) is 0. The lowest BCUT2D eigenvalue weighted by Crippen LogP contribution is -2.80. The Morgan fingerprint density at radius 3 is 0.589 bits per heavy atom. The van der Waals surface area contributed by atoms with Crippen molar-refractivity contribution in [1.82, 2.24) is 0 Å². The number of rotatable bonds is 17. The molecule has 0 amide bonds. The monoisotopic (exact) mass is 944 g/mol. The number of aliphatic hydroxyl groups excluding tert-OH is 1. The summed E-state index contributed by atoms with van der Waals surface area (Å²) in [5.74, 6) is -145. The normalized spacial score (nSPS) is 17.7. The van der Waals surface area contributed by atoms with Crippen molar-refractivity contribution in [1.29, 1.82) is 0 Å². The van der Waals surface area contributed by atoms with Gasteiger partial charge in [0, 0.05) is 0 Å². The molecule has 0 radical (unpaired) electrons. The molecule has 0 aliphatic carbocycles. The zero-order valence-corrected chi connectivity index (χ0v) is 24.7. The fraction of sp³-hybridized carbons (Fsp3) is 1.00. The number of aliphatic hydroxyl groups is 1. The van der Waals surface area contributed by atoms with Gasteiger partial charge in [0.15, 0.2) is 5.44 Å². The largest absolute Gasteiger partial charge is 0.460 e. The molecule has 0 spiro atoms. The molecule has 56 heavy (non-hydrogen) atoms. The zero-order chi connectivity index (χ0) is 46.8. The Morgan fingerprint density at radius 1 is 0.304 bits per heavy atom.